The van der Waals surface area contributed by atoms with Crippen molar-refractivity contribution in [3.63, 3.8) is 0 Å². The average Bonchev–Trinajstić information content (AvgIpc) is 3.09. The summed E-state index contributed by atoms with van der Waals surface area (Å²) in [5.74, 6) is 1.33. The highest BCUT2D eigenvalue weighted by Gasteiger charge is 2.12. The Labute approximate surface area is 109 Å². The molecular formula is C12H12N6O. The Morgan fingerprint density at radius 1 is 1.26 bits per heavy atom. The van der Waals surface area contributed by atoms with Crippen LogP contribution in [0.25, 0.3) is 23.1 Å². The number of rotatable bonds is 3. The molecule has 0 unspecified atom stereocenters. The van der Waals surface area contributed by atoms with Crippen molar-refractivity contribution >= 4 is 5.69 Å². The van der Waals surface area contributed by atoms with Crippen LogP contribution >= 0.6 is 0 Å². The van der Waals surface area contributed by atoms with E-state index >= 15 is 0 Å². The first-order chi connectivity index (χ1) is 9.24. The Kier molecular flexibility index (Phi) is 2.71. The van der Waals surface area contributed by atoms with Crippen molar-refractivity contribution in [1.82, 2.24) is 25.3 Å². The first-order valence-corrected chi connectivity index (χ1v) is 5.71. The number of nitrogens with zero attached hydrogens (tertiary/aromatic N) is 5. The number of hydrogen-bond donors (Lipinski definition) is 1. The van der Waals surface area contributed by atoms with Crippen LogP contribution < -0.4 is 4.90 Å². The quantitative estimate of drug-likeness (QED) is 0.766. The van der Waals surface area contributed by atoms with Gasteiger partial charge in [-0.15, -0.1) is 0 Å². The summed E-state index contributed by atoms with van der Waals surface area (Å²) in [6, 6.07) is 7.86. The molecule has 3 aromatic rings. The Balaban J connectivity index is 1.97. The van der Waals surface area contributed by atoms with Gasteiger partial charge in [0, 0.05) is 25.3 Å². The Hall–Kier alpha value is -2.70. The number of hydrogen-bond acceptors (Lipinski definition) is 6. The van der Waals surface area contributed by atoms with Crippen molar-refractivity contribution in [2.45, 2.75) is 0 Å². The molecule has 2 aromatic heterocycles. The maximum atomic E-state index is 5.24. The van der Waals surface area contributed by atoms with Gasteiger partial charge in [-0.2, -0.15) is 10.1 Å². The summed E-state index contributed by atoms with van der Waals surface area (Å²) < 4.78 is 5.24. The topological polar surface area (TPSA) is 83.7 Å². The molecule has 0 spiro atoms. The fraction of sp³-hybridized carbons (Fsp3) is 0.167. The first-order valence-electron chi connectivity index (χ1n) is 5.71. The van der Waals surface area contributed by atoms with Gasteiger partial charge in [-0.05, 0) is 18.2 Å². The second-order valence-corrected chi connectivity index (χ2v) is 4.20. The van der Waals surface area contributed by atoms with Crippen LogP contribution in [0.1, 0.15) is 0 Å². The van der Waals surface area contributed by atoms with Crippen molar-refractivity contribution in [2.24, 2.45) is 0 Å². The van der Waals surface area contributed by atoms with Gasteiger partial charge >= 0.3 is 0 Å². The Morgan fingerprint density at radius 2 is 2.16 bits per heavy atom. The molecule has 1 N–H and O–H groups in total. The van der Waals surface area contributed by atoms with Gasteiger partial charge in [0.05, 0.1) is 0 Å². The molecule has 19 heavy (non-hydrogen) atoms. The molecule has 0 aliphatic carbocycles. The smallest absolute Gasteiger partial charge is 0.258 e. The van der Waals surface area contributed by atoms with Crippen LogP contribution in [-0.2, 0) is 0 Å². The van der Waals surface area contributed by atoms with E-state index in [-0.39, 0.29) is 0 Å². The molecule has 0 bridgehead atoms. The van der Waals surface area contributed by atoms with Crippen molar-refractivity contribution < 1.29 is 4.52 Å². The summed E-state index contributed by atoms with van der Waals surface area (Å²) in [5.41, 5.74) is 1.93. The molecule has 0 aliphatic rings. The fourth-order valence-electron chi connectivity index (χ4n) is 1.67. The van der Waals surface area contributed by atoms with E-state index in [0.717, 1.165) is 11.3 Å². The molecule has 0 aliphatic heterocycles. The lowest BCUT2D eigenvalue weighted by Crippen LogP contribution is -2.08. The molecule has 96 valence electrons. The predicted molar refractivity (Wildman–Crippen MR) is 69.4 cm³/mol. The highest BCUT2D eigenvalue weighted by atomic mass is 16.5. The standard InChI is InChI=1S/C12H12N6O/c1-18(2)9-5-3-4-8(6-9)12-15-11(17-19-12)10-13-7-14-16-10/h3-7H,1-2H3,(H,13,14,16). The zero-order chi connectivity index (χ0) is 13.2. The third-order valence-corrected chi connectivity index (χ3v) is 2.66. The van der Waals surface area contributed by atoms with Crippen LogP contribution in [0.3, 0.4) is 0 Å². The lowest BCUT2D eigenvalue weighted by atomic mass is 10.2. The zero-order valence-electron chi connectivity index (χ0n) is 10.5. The number of anilines is 1. The number of nitrogens with one attached hydrogen (secondary N) is 1. The fourth-order valence-corrected chi connectivity index (χ4v) is 1.67. The lowest BCUT2D eigenvalue weighted by Gasteiger charge is -2.12. The minimum atomic E-state index is 0.391. The van der Waals surface area contributed by atoms with Crippen molar-refractivity contribution in [3.8, 4) is 23.1 Å². The number of aromatic amines is 1. The van der Waals surface area contributed by atoms with E-state index in [0.29, 0.717) is 17.5 Å². The summed E-state index contributed by atoms with van der Waals surface area (Å²) in [6.07, 6.45) is 1.40. The maximum absolute atomic E-state index is 5.24. The lowest BCUT2D eigenvalue weighted by molar-refractivity contribution is 0.432. The Morgan fingerprint density at radius 3 is 2.89 bits per heavy atom. The van der Waals surface area contributed by atoms with Crippen molar-refractivity contribution in [2.75, 3.05) is 19.0 Å². The molecule has 7 heteroatoms. The van der Waals surface area contributed by atoms with Crippen LogP contribution in [0.5, 0.6) is 0 Å². The molecule has 1 aromatic carbocycles. The molecule has 0 amide bonds. The van der Waals surface area contributed by atoms with E-state index in [9.17, 15) is 0 Å². The molecular weight excluding hydrogens is 244 g/mol. The summed E-state index contributed by atoms with van der Waals surface area (Å²) in [7, 11) is 3.96. The first kappa shape index (κ1) is 11.4. The van der Waals surface area contributed by atoms with Crippen LogP contribution in [-0.4, -0.2) is 39.4 Å². The SMILES string of the molecule is CN(C)c1cccc(-c2nc(-c3ncn[nH]3)no2)c1. The second-order valence-electron chi connectivity index (χ2n) is 4.20. The Bertz CT molecular complexity index is 673. The van der Waals surface area contributed by atoms with Gasteiger partial charge in [0.1, 0.15) is 6.33 Å². The minimum absolute atomic E-state index is 0.391. The maximum Gasteiger partial charge on any atom is 0.258 e. The zero-order valence-corrected chi connectivity index (χ0v) is 10.5. The van der Waals surface area contributed by atoms with Gasteiger partial charge in [0.25, 0.3) is 5.89 Å². The third-order valence-electron chi connectivity index (χ3n) is 2.66. The van der Waals surface area contributed by atoms with Crippen molar-refractivity contribution in [1.29, 1.82) is 0 Å². The normalized spacial score (nSPS) is 10.6. The van der Waals surface area contributed by atoms with E-state index in [1.165, 1.54) is 6.33 Å². The number of benzene rings is 1. The van der Waals surface area contributed by atoms with Gasteiger partial charge < -0.3 is 9.42 Å². The molecule has 0 saturated carbocycles. The summed E-state index contributed by atoms with van der Waals surface area (Å²) in [5, 5.41) is 10.3. The highest BCUT2D eigenvalue weighted by molar-refractivity contribution is 5.62. The third kappa shape index (κ3) is 2.17. The van der Waals surface area contributed by atoms with Gasteiger partial charge in [0.2, 0.25) is 5.82 Å². The average molecular weight is 256 g/mol. The van der Waals surface area contributed by atoms with Gasteiger partial charge in [-0.1, -0.05) is 11.2 Å². The summed E-state index contributed by atoms with van der Waals surface area (Å²) >= 11 is 0. The van der Waals surface area contributed by atoms with Crippen molar-refractivity contribution in [3.05, 3.63) is 30.6 Å². The van der Waals surface area contributed by atoms with Crippen LogP contribution in [0.2, 0.25) is 0 Å². The van der Waals surface area contributed by atoms with E-state index < -0.39 is 0 Å². The second kappa shape index (κ2) is 4.52. The van der Waals surface area contributed by atoms with E-state index in [1.807, 2.05) is 43.3 Å². The molecule has 0 saturated heterocycles. The van der Waals surface area contributed by atoms with E-state index in [2.05, 4.69) is 25.3 Å². The molecule has 2 heterocycles. The number of aromatic nitrogens is 5. The van der Waals surface area contributed by atoms with Crippen LogP contribution in [0.4, 0.5) is 5.69 Å². The largest absolute Gasteiger partial charge is 0.378 e. The van der Waals surface area contributed by atoms with Crippen LogP contribution in [0.15, 0.2) is 35.1 Å². The minimum Gasteiger partial charge on any atom is -0.378 e. The molecule has 0 fully saturated rings. The monoisotopic (exact) mass is 256 g/mol. The molecule has 0 atom stereocenters. The highest BCUT2D eigenvalue weighted by Crippen LogP contribution is 2.23. The summed E-state index contributed by atoms with van der Waals surface area (Å²) in [6.45, 7) is 0. The van der Waals surface area contributed by atoms with Gasteiger partial charge in [-0.3, -0.25) is 5.10 Å². The van der Waals surface area contributed by atoms with Crippen LogP contribution in [0, 0.1) is 0 Å². The predicted octanol–water partition coefficient (Wildman–Crippen LogP) is 1.59. The van der Waals surface area contributed by atoms with E-state index in [1.54, 1.807) is 0 Å². The number of H-pyrrole nitrogens is 1. The summed E-state index contributed by atoms with van der Waals surface area (Å²) in [4.78, 5) is 10.3. The molecule has 0 radical (unpaired) electrons. The molecule has 7 nitrogen and oxygen atoms in total. The molecule has 3 rings (SSSR count). The van der Waals surface area contributed by atoms with Gasteiger partial charge in [0.15, 0.2) is 5.82 Å². The van der Waals surface area contributed by atoms with E-state index in [4.69, 9.17) is 4.52 Å². The van der Waals surface area contributed by atoms with Gasteiger partial charge in [-0.25, -0.2) is 4.98 Å².